The maximum Gasteiger partial charge on any atom is 0.177 e. The van der Waals surface area contributed by atoms with Gasteiger partial charge in [0.2, 0.25) is 0 Å². The zero-order chi connectivity index (χ0) is 11.7. The monoisotopic (exact) mass is 239 g/mol. The molecule has 1 aliphatic rings. The molecule has 90 valence electrons. The Morgan fingerprint density at radius 2 is 2.31 bits per heavy atom. The summed E-state index contributed by atoms with van der Waals surface area (Å²) in [6, 6.07) is 0.672. The van der Waals surface area contributed by atoms with E-state index in [-0.39, 0.29) is 0 Å². The van der Waals surface area contributed by atoms with Gasteiger partial charge in [0.05, 0.1) is 0 Å². The Balaban J connectivity index is 1.97. The van der Waals surface area contributed by atoms with Gasteiger partial charge in [-0.1, -0.05) is 0 Å². The van der Waals surface area contributed by atoms with Crippen LogP contribution in [0.5, 0.6) is 0 Å². The molecule has 1 fully saturated rings. The Kier molecular flexibility index (Phi) is 3.50. The minimum Gasteiger partial charge on any atom is -0.335 e. The molecule has 16 heavy (non-hydrogen) atoms. The minimum absolute atomic E-state index is 0.672. The number of rotatable bonds is 3. The second-order valence-electron chi connectivity index (χ2n) is 5.14. The maximum absolute atomic E-state index is 5.28. The largest absolute Gasteiger partial charge is 0.335 e. The lowest BCUT2D eigenvalue weighted by molar-refractivity contribution is 0.260. The Bertz CT molecular complexity index is 405. The molecule has 0 aromatic carbocycles. The first kappa shape index (κ1) is 11.9. The third-order valence-electron chi connectivity index (χ3n) is 3.42. The van der Waals surface area contributed by atoms with Gasteiger partial charge in [-0.2, -0.15) is 0 Å². The fourth-order valence-electron chi connectivity index (χ4n) is 2.46. The minimum atomic E-state index is 0.672. The fraction of sp³-hybridized carbons (Fsp3) is 0.750. The molecule has 1 aliphatic heterocycles. The molecule has 0 saturated carbocycles. The van der Waals surface area contributed by atoms with E-state index in [4.69, 9.17) is 12.2 Å². The molecule has 0 aliphatic carbocycles. The molecule has 3 nitrogen and oxygen atoms in total. The molecular formula is C12H21N3S. The van der Waals surface area contributed by atoms with Crippen LogP contribution in [0.2, 0.25) is 0 Å². The lowest BCUT2D eigenvalue weighted by atomic mass is 10.1. The molecule has 0 radical (unpaired) electrons. The summed E-state index contributed by atoms with van der Waals surface area (Å²) in [4.78, 5) is 5.73. The summed E-state index contributed by atoms with van der Waals surface area (Å²) in [5, 5.41) is 0. The van der Waals surface area contributed by atoms with Gasteiger partial charge in [0.25, 0.3) is 0 Å². The van der Waals surface area contributed by atoms with Crippen LogP contribution in [-0.4, -0.2) is 33.6 Å². The van der Waals surface area contributed by atoms with Crippen molar-refractivity contribution in [3.8, 4) is 0 Å². The third kappa shape index (κ3) is 2.55. The van der Waals surface area contributed by atoms with Crippen LogP contribution >= 0.6 is 12.2 Å². The highest BCUT2D eigenvalue weighted by atomic mass is 32.1. The van der Waals surface area contributed by atoms with Crippen LogP contribution in [-0.2, 0) is 6.54 Å². The Hall–Kier alpha value is -0.610. The molecule has 0 bridgehead atoms. The molecule has 2 rings (SSSR count). The highest BCUT2D eigenvalue weighted by Gasteiger charge is 2.24. The molecule has 0 spiro atoms. The summed E-state index contributed by atoms with van der Waals surface area (Å²) in [6.07, 6.45) is 3.42. The predicted octanol–water partition coefficient (Wildman–Crippen LogP) is 2.58. The van der Waals surface area contributed by atoms with Crippen molar-refractivity contribution in [3.63, 3.8) is 0 Å². The highest BCUT2D eigenvalue weighted by molar-refractivity contribution is 7.71. The molecule has 1 saturated heterocycles. The molecular weight excluding hydrogens is 218 g/mol. The first-order valence-electron chi connectivity index (χ1n) is 6.06. The van der Waals surface area contributed by atoms with E-state index >= 15 is 0 Å². The molecule has 1 atom stereocenters. The molecule has 4 heteroatoms. The third-order valence-corrected chi connectivity index (χ3v) is 3.75. The van der Waals surface area contributed by atoms with Crippen molar-refractivity contribution < 1.29 is 0 Å². The van der Waals surface area contributed by atoms with Crippen LogP contribution in [0.1, 0.15) is 26.0 Å². The molecule has 2 heterocycles. The summed E-state index contributed by atoms with van der Waals surface area (Å²) in [5.74, 6) is 0.754. The molecule has 1 N–H and O–H groups in total. The lowest BCUT2D eigenvalue weighted by Crippen LogP contribution is -2.28. The van der Waals surface area contributed by atoms with E-state index in [0.717, 1.165) is 22.9 Å². The highest BCUT2D eigenvalue weighted by Crippen LogP contribution is 2.20. The van der Waals surface area contributed by atoms with Gasteiger partial charge in [-0.15, -0.1) is 0 Å². The van der Waals surface area contributed by atoms with Crippen molar-refractivity contribution >= 4 is 12.2 Å². The summed E-state index contributed by atoms with van der Waals surface area (Å²) in [5.41, 5.74) is 1.16. The van der Waals surface area contributed by atoms with Crippen molar-refractivity contribution in [2.45, 2.75) is 39.8 Å². The zero-order valence-electron chi connectivity index (χ0n) is 10.4. The standard InChI is InChI=1S/C12H21N3S/c1-9(2)14-5-4-11(7-14)8-15-6-10(3)13-12(15)16/h6,9,11H,4-5,7-8H2,1-3H3,(H,13,16). The van der Waals surface area contributed by atoms with E-state index in [1.54, 1.807) is 0 Å². The predicted molar refractivity (Wildman–Crippen MR) is 69.2 cm³/mol. The number of H-pyrrole nitrogens is 1. The smallest absolute Gasteiger partial charge is 0.177 e. The summed E-state index contributed by atoms with van der Waals surface area (Å²) < 4.78 is 3.04. The maximum atomic E-state index is 5.28. The number of aryl methyl sites for hydroxylation is 1. The van der Waals surface area contributed by atoms with E-state index in [9.17, 15) is 0 Å². The number of imidazole rings is 1. The molecule has 1 aromatic heterocycles. The Morgan fingerprint density at radius 1 is 1.56 bits per heavy atom. The van der Waals surface area contributed by atoms with Crippen molar-refractivity contribution in [2.24, 2.45) is 5.92 Å². The second kappa shape index (κ2) is 4.72. The number of hydrogen-bond acceptors (Lipinski definition) is 2. The normalized spacial score (nSPS) is 22.1. The van der Waals surface area contributed by atoms with Crippen molar-refractivity contribution in [3.05, 3.63) is 16.7 Å². The van der Waals surface area contributed by atoms with Gasteiger partial charge in [0, 0.05) is 31.0 Å². The Labute approximate surface area is 102 Å². The first-order chi connectivity index (χ1) is 7.56. The number of hydrogen-bond donors (Lipinski definition) is 1. The van der Waals surface area contributed by atoms with Crippen molar-refractivity contribution in [1.82, 2.24) is 14.5 Å². The van der Waals surface area contributed by atoms with E-state index in [1.807, 2.05) is 0 Å². The zero-order valence-corrected chi connectivity index (χ0v) is 11.2. The van der Waals surface area contributed by atoms with Crippen molar-refractivity contribution in [2.75, 3.05) is 13.1 Å². The van der Waals surface area contributed by atoms with Gasteiger partial charge in [0.15, 0.2) is 4.77 Å². The van der Waals surface area contributed by atoms with E-state index < -0.39 is 0 Å². The molecule has 1 unspecified atom stereocenters. The lowest BCUT2D eigenvalue weighted by Gasteiger charge is -2.20. The molecule has 0 amide bonds. The Morgan fingerprint density at radius 3 is 2.81 bits per heavy atom. The van der Waals surface area contributed by atoms with Crippen LogP contribution in [0.3, 0.4) is 0 Å². The first-order valence-corrected chi connectivity index (χ1v) is 6.47. The number of likely N-dealkylation sites (tertiary alicyclic amines) is 1. The van der Waals surface area contributed by atoms with Crippen LogP contribution in [0.25, 0.3) is 0 Å². The van der Waals surface area contributed by atoms with Crippen LogP contribution in [0.15, 0.2) is 6.20 Å². The van der Waals surface area contributed by atoms with Crippen molar-refractivity contribution in [1.29, 1.82) is 0 Å². The fourth-order valence-corrected chi connectivity index (χ4v) is 2.75. The number of nitrogens with zero attached hydrogens (tertiary/aromatic N) is 2. The van der Waals surface area contributed by atoms with E-state index in [1.165, 1.54) is 19.5 Å². The van der Waals surface area contributed by atoms with Gasteiger partial charge in [0.1, 0.15) is 0 Å². The van der Waals surface area contributed by atoms with Crippen LogP contribution in [0, 0.1) is 17.6 Å². The van der Waals surface area contributed by atoms with Crippen LogP contribution in [0.4, 0.5) is 0 Å². The van der Waals surface area contributed by atoms with Gasteiger partial charge in [-0.25, -0.2) is 0 Å². The second-order valence-corrected chi connectivity index (χ2v) is 5.52. The molecule has 1 aromatic rings. The quantitative estimate of drug-likeness (QED) is 0.820. The van der Waals surface area contributed by atoms with Gasteiger partial charge < -0.3 is 14.5 Å². The van der Waals surface area contributed by atoms with Gasteiger partial charge in [-0.3, -0.25) is 0 Å². The average molecular weight is 239 g/mol. The average Bonchev–Trinajstić information content (AvgIpc) is 2.75. The number of nitrogens with one attached hydrogen (secondary N) is 1. The SMILES string of the molecule is Cc1cn(CC2CCN(C(C)C)C2)c(=S)[nH]1. The van der Waals surface area contributed by atoms with Crippen LogP contribution < -0.4 is 0 Å². The topological polar surface area (TPSA) is 24.0 Å². The van der Waals surface area contributed by atoms with Gasteiger partial charge >= 0.3 is 0 Å². The van der Waals surface area contributed by atoms with E-state index in [0.29, 0.717) is 6.04 Å². The number of aromatic nitrogens is 2. The summed E-state index contributed by atoms with van der Waals surface area (Å²) in [7, 11) is 0. The van der Waals surface area contributed by atoms with E-state index in [2.05, 4.69) is 41.4 Å². The van der Waals surface area contributed by atoms with Gasteiger partial charge in [-0.05, 0) is 51.9 Å². The summed E-state index contributed by atoms with van der Waals surface area (Å²) in [6.45, 7) is 10.1. The number of aromatic amines is 1. The summed E-state index contributed by atoms with van der Waals surface area (Å²) >= 11 is 5.28.